The molecular weight excluding hydrogens is 293 g/mol. The third-order valence-corrected chi connectivity index (χ3v) is 3.15. The Labute approximate surface area is 130 Å². The smallest absolute Gasteiger partial charge is 0.109 e. The molecule has 118 valence electrons. The van der Waals surface area contributed by atoms with Crippen molar-refractivity contribution in [2.24, 2.45) is 0 Å². The third kappa shape index (κ3) is 5.13. The van der Waals surface area contributed by atoms with Gasteiger partial charge in [-0.25, -0.2) is 4.39 Å². The molecule has 0 radical (unpaired) electrons. The Morgan fingerprint density at radius 2 is 2.00 bits per heavy atom. The normalized spacial score (nSPS) is 10.6. The fourth-order valence-corrected chi connectivity index (χ4v) is 2.12. The maximum atomic E-state index is 12.2. The van der Waals surface area contributed by atoms with E-state index in [0.717, 1.165) is 37.3 Å². The summed E-state index contributed by atoms with van der Waals surface area (Å²) in [5, 5.41) is 11.9. The lowest BCUT2D eigenvalue weighted by Crippen LogP contribution is -2.12. The first-order valence-electron chi connectivity index (χ1n) is 7.04. The second-order valence-electron chi connectivity index (χ2n) is 4.91. The van der Waals surface area contributed by atoms with Crippen LogP contribution in [0.5, 0.6) is 0 Å². The molecular formula is C14H23ClFN5. The second-order valence-corrected chi connectivity index (χ2v) is 4.91. The van der Waals surface area contributed by atoms with E-state index in [9.17, 15) is 4.39 Å². The van der Waals surface area contributed by atoms with E-state index >= 15 is 0 Å². The highest BCUT2D eigenvalue weighted by Crippen LogP contribution is 2.06. The van der Waals surface area contributed by atoms with Crippen molar-refractivity contribution in [1.82, 2.24) is 24.9 Å². The molecule has 0 saturated carbocycles. The van der Waals surface area contributed by atoms with Crippen molar-refractivity contribution >= 4 is 12.4 Å². The van der Waals surface area contributed by atoms with E-state index in [-0.39, 0.29) is 19.1 Å². The highest BCUT2D eigenvalue weighted by molar-refractivity contribution is 5.85. The Hall–Kier alpha value is -1.40. The highest BCUT2D eigenvalue weighted by atomic mass is 35.5. The SMILES string of the molecule is CCCn1cc(CNCc2cnn(CCF)c2)c(C)n1.Cl. The van der Waals surface area contributed by atoms with E-state index in [0.29, 0.717) is 6.54 Å². The molecule has 5 nitrogen and oxygen atoms in total. The fourth-order valence-electron chi connectivity index (χ4n) is 2.12. The van der Waals surface area contributed by atoms with Crippen molar-refractivity contribution in [3.63, 3.8) is 0 Å². The molecule has 0 amide bonds. The molecule has 0 bridgehead atoms. The fraction of sp³-hybridized carbons (Fsp3) is 0.571. The summed E-state index contributed by atoms with van der Waals surface area (Å²) in [5.41, 5.74) is 3.35. The summed E-state index contributed by atoms with van der Waals surface area (Å²) in [6, 6.07) is 0. The van der Waals surface area contributed by atoms with Crippen LogP contribution in [0.4, 0.5) is 4.39 Å². The summed E-state index contributed by atoms with van der Waals surface area (Å²) in [5.74, 6) is 0. The average molecular weight is 316 g/mol. The van der Waals surface area contributed by atoms with Gasteiger partial charge in [0.2, 0.25) is 0 Å². The maximum absolute atomic E-state index is 12.2. The molecule has 0 aliphatic heterocycles. The van der Waals surface area contributed by atoms with Gasteiger partial charge in [-0.2, -0.15) is 10.2 Å². The summed E-state index contributed by atoms with van der Waals surface area (Å²) in [6.45, 7) is 6.57. The minimum absolute atomic E-state index is 0. The summed E-state index contributed by atoms with van der Waals surface area (Å²) >= 11 is 0. The lowest BCUT2D eigenvalue weighted by atomic mass is 10.2. The minimum atomic E-state index is -0.385. The number of aryl methyl sites for hydroxylation is 3. The van der Waals surface area contributed by atoms with Crippen molar-refractivity contribution in [2.75, 3.05) is 6.67 Å². The first-order valence-corrected chi connectivity index (χ1v) is 7.04. The number of hydrogen-bond acceptors (Lipinski definition) is 3. The van der Waals surface area contributed by atoms with Crippen LogP contribution >= 0.6 is 12.4 Å². The van der Waals surface area contributed by atoms with Crippen LogP contribution in [-0.4, -0.2) is 26.2 Å². The monoisotopic (exact) mass is 315 g/mol. The number of nitrogens with zero attached hydrogens (tertiary/aromatic N) is 4. The van der Waals surface area contributed by atoms with Crippen molar-refractivity contribution in [3.8, 4) is 0 Å². The van der Waals surface area contributed by atoms with Gasteiger partial charge in [-0.3, -0.25) is 9.36 Å². The number of rotatable bonds is 8. The quantitative estimate of drug-likeness (QED) is 0.814. The Bertz CT molecular complexity index is 537. The van der Waals surface area contributed by atoms with Crippen LogP contribution in [-0.2, 0) is 26.2 Å². The summed E-state index contributed by atoms with van der Waals surface area (Å²) in [4.78, 5) is 0. The molecule has 0 spiro atoms. The van der Waals surface area contributed by atoms with Gasteiger partial charge in [-0.1, -0.05) is 6.92 Å². The molecule has 2 aromatic rings. The predicted molar refractivity (Wildman–Crippen MR) is 83.2 cm³/mol. The summed E-state index contributed by atoms with van der Waals surface area (Å²) < 4.78 is 15.8. The molecule has 21 heavy (non-hydrogen) atoms. The van der Waals surface area contributed by atoms with Crippen molar-refractivity contribution in [1.29, 1.82) is 0 Å². The van der Waals surface area contributed by atoms with E-state index in [4.69, 9.17) is 0 Å². The van der Waals surface area contributed by atoms with Crippen LogP contribution in [0, 0.1) is 6.92 Å². The van der Waals surface area contributed by atoms with Gasteiger partial charge in [0, 0.05) is 43.2 Å². The van der Waals surface area contributed by atoms with Crippen molar-refractivity contribution in [3.05, 3.63) is 35.4 Å². The average Bonchev–Trinajstić information content (AvgIpc) is 2.99. The molecule has 0 aliphatic rings. The van der Waals surface area contributed by atoms with Crippen LogP contribution < -0.4 is 5.32 Å². The van der Waals surface area contributed by atoms with Crippen molar-refractivity contribution in [2.45, 2.75) is 46.4 Å². The zero-order chi connectivity index (χ0) is 14.4. The standard InChI is InChI=1S/C14H22FN5.ClH/c1-3-5-20-11-14(12(2)18-20)9-16-7-13-8-17-19(10-13)6-4-15;/h8,10-11,16H,3-7,9H2,1-2H3;1H. The first kappa shape index (κ1) is 17.7. The predicted octanol–water partition coefficient (Wildman–Crippen LogP) is 2.48. The Morgan fingerprint density at radius 1 is 1.19 bits per heavy atom. The van der Waals surface area contributed by atoms with Gasteiger partial charge in [0.15, 0.2) is 0 Å². The molecule has 0 aromatic carbocycles. The van der Waals surface area contributed by atoms with Gasteiger partial charge >= 0.3 is 0 Å². The lowest BCUT2D eigenvalue weighted by molar-refractivity contribution is 0.427. The van der Waals surface area contributed by atoms with Crippen LogP contribution in [0.2, 0.25) is 0 Å². The zero-order valence-electron chi connectivity index (χ0n) is 12.5. The van der Waals surface area contributed by atoms with Gasteiger partial charge in [0.1, 0.15) is 6.67 Å². The Kier molecular flexibility index (Phi) is 7.39. The van der Waals surface area contributed by atoms with E-state index in [2.05, 4.69) is 28.6 Å². The molecule has 0 aliphatic carbocycles. The van der Waals surface area contributed by atoms with E-state index in [1.54, 1.807) is 10.9 Å². The second kappa shape index (κ2) is 8.79. The molecule has 2 heterocycles. The molecule has 0 fully saturated rings. The molecule has 0 unspecified atom stereocenters. The number of alkyl halides is 1. The van der Waals surface area contributed by atoms with Gasteiger partial charge in [-0.15, -0.1) is 12.4 Å². The van der Waals surface area contributed by atoms with Crippen LogP contribution in [0.25, 0.3) is 0 Å². The van der Waals surface area contributed by atoms with Gasteiger partial charge in [-0.05, 0) is 13.3 Å². The van der Waals surface area contributed by atoms with Crippen LogP contribution in [0.3, 0.4) is 0 Å². The summed E-state index contributed by atoms with van der Waals surface area (Å²) in [6.07, 6.45) is 6.83. The molecule has 2 rings (SSSR count). The number of hydrogen-bond donors (Lipinski definition) is 1. The molecule has 2 aromatic heterocycles. The Morgan fingerprint density at radius 3 is 2.71 bits per heavy atom. The number of halogens is 2. The Balaban J connectivity index is 0.00000220. The topological polar surface area (TPSA) is 47.7 Å². The highest BCUT2D eigenvalue weighted by Gasteiger charge is 2.04. The molecule has 7 heteroatoms. The molecule has 0 atom stereocenters. The molecule has 0 saturated heterocycles. The number of aromatic nitrogens is 4. The van der Waals surface area contributed by atoms with Gasteiger partial charge < -0.3 is 5.32 Å². The van der Waals surface area contributed by atoms with Gasteiger partial charge in [0.25, 0.3) is 0 Å². The number of nitrogens with one attached hydrogen (secondary N) is 1. The minimum Gasteiger partial charge on any atom is -0.308 e. The third-order valence-electron chi connectivity index (χ3n) is 3.15. The molecule has 1 N–H and O–H groups in total. The van der Waals surface area contributed by atoms with Crippen molar-refractivity contribution < 1.29 is 4.39 Å². The van der Waals surface area contributed by atoms with E-state index in [1.807, 2.05) is 17.8 Å². The van der Waals surface area contributed by atoms with E-state index < -0.39 is 0 Å². The van der Waals surface area contributed by atoms with Crippen LogP contribution in [0.15, 0.2) is 18.6 Å². The maximum Gasteiger partial charge on any atom is 0.109 e. The van der Waals surface area contributed by atoms with Gasteiger partial charge in [0.05, 0.1) is 18.4 Å². The lowest BCUT2D eigenvalue weighted by Gasteiger charge is -2.01. The van der Waals surface area contributed by atoms with E-state index in [1.165, 1.54) is 5.56 Å². The zero-order valence-corrected chi connectivity index (χ0v) is 13.4. The van der Waals surface area contributed by atoms with Crippen LogP contribution in [0.1, 0.15) is 30.2 Å². The first-order chi connectivity index (χ1) is 9.72. The largest absolute Gasteiger partial charge is 0.308 e. The summed E-state index contributed by atoms with van der Waals surface area (Å²) in [7, 11) is 0.